The van der Waals surface area contributed by atoms with Gasteiger partial charge >= 0.3 is 5.97 Å². The van der Waals surface area contributed by atoms with E-state index in [-0.39, 0.29) is 31.4 Å². The van der Waals surface area contributed by atoms with Gasteiger partial charge in [-0.3, -0.25) is 4.72 Å². The van der Waals surface area contributed by atoms with Gasteiger partial charge in [0.15, 0.2) is 0 Å². The minimum Gasteiger partial charge on any atom is -0.495 e. The summed E-state index contributed by atoms with van der Waals surface area (Å²) in [6.45, 7) is 1.56. The summed E-state index contributed by atoms with van der Waals surface area (Å²) in [5.74, 6) is -1.22. The molecule has 0 radical (unpaired) electrons. The van der Waals surface area contributed by atoms with Crippen LogP contribution in [0.2, 0.25) is 5.02 Å². The van der Waals surface area contributed by atoms with E-state index in [9.17, 15) is 18.3 Å². The van der Waals surface area contributed by atoms with Crippen LogP contribution >= 0.6 is 27.5 Å². The number of hydrogen-bond donors (Lipinski definition) is 2. The van der Waals surface area contributed by atoms with Crippen LogP contribution in [0.1, 0.15) is 15.9 Å². The average Bonchev–Trinajstić information content (AvgIpc) is 2.49. The number of benzene rings is 2. The summed E-state index contributed by atoms with van der Waals surface area (Å²) in [5.41, 5.74) is -0.0612. The first-order valence-electron chi connectivity index (χ1n) is 6.56. The molecule has 0 aliphatic heterocycles. The molecule has 0 saturated carbocycles. The zero-order valence-corrected chi connectivity index (χ0v) is 15.8. The third-order valence-corrected chi connectivity index (χ3v) is 5.86. The largest absolute Gasteiger partial charge is 0.495 e. The topological polar surface area (TPSA) is 92.7 Å². The molecule has 0 aromatic heterocycles. The van der Waals surface area contributed by atoms with Gasteiger partial charge in [-0.25, -0.2) is 13.2 Å². The standard InChI is InChI=1S/C15H13BrClNO5S/c1-8-10(17)4-3-5-12(8)24(21,22)18-14-11(23-2)7-6-9(16)13(14)15(19)20/h3-7,18H,1-2H3,(H,19,20). The highest BCUT2D eigenvalue weighted by atomic mass is 79.9. The number of carboxylic acids is 1. The summed E-state index contributed by atoms with van der Waals surface area (Å²) in [7, 11) is -2.75. The van der Waals surface area contributed by atoms with Crippen LogP contribution in [-0.2, 0) is 10.0 Å². The molecule has 0 heterocycles. The Morgan fingerprint density at radius 2 is 1.96 bits per heavy atom. The molecule has 0 amide bonds. The van der Waals surface area contributed by atoms with Crippen LogP contribution in [0.4, 0.5) is 5.69 Å². The van der Waals surface area contributed by atoms with Gasteiger partial charge < -0.3 is 9.84 Å². The molecular weight excluding hydrogens is 422 g/mol. The van der Waals surface area contributed by atoms with Gasteiger partial charge in [0.2, 0.25) is 0 Å². The van der Waals surface area contributed by atoms with Gasteiger partial charge in [-0.15, -0.1) is 0 Å². The smallest absolute Gasteiger partial charge is 0.339 e. The van der Waals surface area contributed by atoms with E-state index in [1.165, 1.54) is 31.4 Å². The fraction of sp³-hybridized carbons (Fsp3) is 0.133. The summed E-state index contributed by atoms with van der Waals surface area (Å²) in [5, 5.41) is 9.68. The first-order chi connectivity index (χ1) is 11.2. The second-order valence-electron chi connectivity index (χ2n) is 4.77. The summed E-state index contributed by atoms with van der Waals surface area (Å²) in [6, 6.07) is 7.37. The van der Waals surface area contributed by atoms with Gasteiger partial charge in [-0.05, 0) is 52.7 Å². The third kappa shape index (κ3) is 3.50. The zero-order valence-electron chi connectivity index (χ0n) is 12.6. The Morgan fingerprint density at radius 3 is 2.54 bits per heavy atom. The number of methoxy groups -OCH3 is 1. The predicted octanol–water partition coefficient (Wildman–Crippen LogP) is 3.92. The molecule has 0 aliphatic carbocycles. The number of rotatable bonds is 5. The summed E-state index contributed by atoms with van der Waals surface area (Å²) < 4.78 is 33.0. The highest BCUT2D eigenvalue weighted by Gasteiger charge is 2.25. The fourth-order valence-electron chi connectivity index (χ4n) is 2.11. The fourth-order valence-corrected chi connectivity index (χ4v) is 4.19. The van der Waals surface area contributed by atoms with Crippen LogP contribution in [-0.4, -0.2) is 26.6 Å². The molecule has 2 aromatic carbocycles. The number of sulfonamides is 1. The molecule has 2 N–H and O–H groups in total. The zero-order chi connectivity index (χ0) is 18.1. The van der Waals surface area contributed by atoms with Crippen LogP contribution in [0.25, 0.3) is 0 Å². The van der Waals surface area contributed by atoms with E-state index >= 15 is 0 Å². The normalized spacial score (nSPS) is 11.2. The summed E-state index contributed by atoms with van der Waals surface area (Å²) in [4.78, 5) is 11.5. The molecule has 0 saturated heterocycles. The van der Waals surface area contributed by atoms with E-state index in [0.717, 1.165) is 0 Å². The van der Waals surface area contributed by atoms with Gasteiger partial charge in [0.25, 0.3) is 10.0 Å². The van der Waals surface area contributed by atoms with Crippen molar-refractivity contribution in [2.24, 2.45) is 0 Å². The van der Waals surface area contributed by atoms with Crippen molar-refractivity contribution in [3.05, 3.63) is 51.0 Å². The Morgan fingerprint density at radius 1 is 1.29 bits per heavy atom. The molecule has 0 aliphatic rings. The second-order valence-corrected chi connectivity index (χ2v) is 7.69. The molecule has 0 unspecified atom stereocenters. The van der Waals surface area contributed by atoms with Crippen LogP contribution in [0.5, 0.6) is 5.75 Å². The average molecular weight is 435 g/mol. The molecule has 0 fully saturated rings. The van der Waals surface area contributed by atoms with Crippen LogP contribution in [0, 0.1) is 6.92 Å². The maximum atomic E-state index is 12.7. The Labute approximate surface area is 152 Å². The van der Waals surface area contributed by atoms with E-state index in [0.29, 0.717) is 5.56 Å². The number of ether oxygens (including phenoxy) is 1. The molecule has 0 spiro atoms. The minimum atomic E-state index is -4.07. The van der Waals surface area contributed by atoms with Gasteiger partial charge in [-0.1, -0.05) is 17.7 Å². The van der Waals surface area contributed by atoms with Crippen LogP contribution < -0.4 is 9.46 Å². The number of carbonyl (C=O) groups is 1. The molecule has 24 heavy (non-hydrogen) atoms. The molecule has 128 valence electrons. The van der Waals surface area contributed by atoms with Gasteiger partial charge in [-0.2, -0.15) is 0 Å². The molecule has 0 bridgehead atoms. The van der Waals surface area contributed by atoms with Crippen LogP contribution in [0.3, 0.4) is 0 Å². The highest BCUT2D eigenvalue weighted by Crippen LogP contribution is 2.36. The monoisotopic (exact) mass is 433 g/mol. The number of nitrogens with one attached hydrogen (secondary N) is 1. The Kier molecular flexibility index (Phi) is 5.42. The number of anilines is 1. The lowest BCUT2D eigenvalue weighted by atomic mass is 10.1. The third-order valence-electron chi connectivity index (χ3n) is 3.29. The first-order valence-corrected chi connectivity index (χ1v) is 9.22. The van der Waals surface area contributed by atoms with Gasteiger partial charge in [0.1, 0.15) is 17.0 Å². The lowest BCUT2D eigenvalue weighted by Gasteiger charge is -2.16. The van der Waals surface area contributed by atoms with Gasteiger partial charge in [0.05, 0.1) is 12.0 Å². The maximum Gasteiger partial charge on any atom is 0.339 e. The molecule has 2 aromatic rings. The molecule has 6 nitrogen and oxygen atoms in total. The number of carboxylic acid groups (broad SMARTS) is 1. The van der Waals surface area contributed by atoms with Crippen molar-refractivity contribution < 1.29 is 23.1 Å². The maximum absolute atomic E-state index is 12.7. The molecule has 0 atom stereocenters. The molecule has 2 rings (SSSR count). The van der Waals surface area contributed by atoms with Crippen molar-refractivity contribution in [2.75, 3.05) is 11.8 Å². The van der Waals surface area contributed by atoms with Crippen molar-refractivity contribution in [3.63, 3.8) is 0 Å². The van der Waals surface area contributed by atoms with Crippen molar-refractivity contribution in [1.29, 1.82) is 0 Å². The van der Waals surface area contributed by atoms with E-state index in [1.807, 2.05) is 0 Å². The predicted molar refractivity (Wildman–Crippen MR) is 94.7 cm³/mol. The first kappa shape index (κ1) is 18.6. The summed E-state index contributed by atoms with van der Waals surface area (Å²) in [6.07, 6.45) is 0. The Balaban J connectivity index is 2.64. The summed E-state index contributed by atoms with van der Waals surface area (Å²) >= 11 is 9.08. The van der Waals surface area contributed by atoms with Crippen molar-refractivity contribution >= 4 is 49.2 Å². The number of aromatic carboxylic acids is 1. The number of halogens is 2. The number of hydrogen-bond acceptors (Lipinski definition) is 4. The van der Waals surface area contributed by atoms with E-state index in [2.05, 4.69) is 20.7 Å². The van der Waals surface area contributed by atoms with Crippen molar-refractivity contribution in [2.45, 2.75) is 11.8 Å². The minimum absolute atomic E-state index is 0.0478. The highest BCUT2D eigenvalue weighted by molar-refractivity contribution is 9.10. The van der Waals surface area contributed by atoms with Crippen molar-refractivity contribution in [1.82, 2.24) is 0 Å². The quantitative estimate of drug-likeness (QED) is 0.744. The molecular formula is C15H13BrClNO5S. The Hall–Kier alpha value is -1.77. The van der Waals surface area contributed by atoms with E-state index in [1.54, 1.807) is 13.0 Å². The SMILES string of the molecule is COc1ccc(Br)c(C(=O)O)c1NS(=O)(=O)c1cccc(Cl)c1C. The van der Waals surface area contributed by atoms with E-state index < -0.39 is 16.0 Å². The lowest BCUT2D eigenvalue weighted by molar-refractivity contribution is 0.0696. The Bertz CT molecular complexity index is 914. The van der Waals surface area contributed by atoms with Crippen LogP contribution in [0.15, 0.2) is 39.7 Å². The lowest BCUT2D eigenvalue weighted by Crippen LogP contribution is -2.18. The van der Waals surface area contributed by atoms with Crippen molar-refractivity contribution in [3.8, 4) is 5.75 Å². The second kappa shape index (κ2) is 7.00. The van der Waals surface area contributed by atoms with E-state index in [4.69, 9.17) is 16.3 Å². The molecule has 9 heteroatoms. The van der Waals surface area contributed by atoms with Gasteiger partial charge in [0, 0.05) is 9.50 Å².